The first-order valence-electron chi connectivity index (χ1n) is 8.06. The van der Waals surface area contributed by atoms with Crippen molar-refractivity contribution >= 4 is 22.4 Å². The van der Waals surface area contributed by atoms with Gasteiger partial charge < -0.3 is 0 Å². The highest BCUT2D eigenvalue weighted by atomic mass is 15.3. The second-order valence-electron chi connectivity index (χ2n) is 5.54. The Balaban J connectivity index is 1.77. The fraction of sp³-hybridized carbons (Fsp3) is 0. The SMILES string of the molecule is c1ccc(C(=NNc2ncnc3ccccc23)c2ccccc2)cc1. The quantitative estimate of drug-likeness (QED) is 0.444. The van der Waals surface area contributed by atoms with Crippen LogP contribution in [0.25, 0.3) is 10.9 Å². The van der Waals surface area contributed by atoms with Gasteiger partial charge in [0.15, 0.2) is 5.82 Å². The fourth-order valence-electron chi connectivity index (χ4n) is 2.69. The van der Waals surface area contributed by atoms with E-state index in [1.165, 1.54) is 0 Å². The van der Waals surface area contributed by atoms with Crippen molar-refractivity contribution in [3.63, 3.8) is 0 Å². The van der Waals surface area contributed by atoms with Gasteiger partial charge in [0.1, 0.15) is 6.33 Å². The number of hydrogen-bond acceptors (Lipinski definition) is 4. The summed E-state index contributed by atoms with van der Waals surface area (Å²) >= 11 is 0. The van der Waals surface area contributed by atoms with E-state index in [0.717, 1.165) is 27.7 Å². The third kappa shape index (κ3) is 3.23. The molecule has 0 radical (unpaired) electrons. The van der Waals surface area contributed by atoms with Crippen LogP contribution < -0.4 is 5.43 Å². The minimum absolute atomic E-state index is 0.690. The van der Waals surface area contributed by atoms with Crippen molar-refractivity contribution < 1.29 is 0 Å². The third-order valence-electron chi connectivity index (χ3n) is 3.91. The highest BCUT2D eigenvalue weighted by Crippen LogP contribution is 2.19. The van der Waals surface area contributed by atoms with Gasteiger partial charge in [0, 0.05) is 16.5 Å². The van der Waals surface area contributed by atoms with E-state index in [2.05, 4.69) is 20.5 Å². The van der Waals surface area contributed by atoms with Crippen LogP contribution in [0.4, 0.5) is 5.82 Å². The maximum Gasteiger partial charge on any atom is 0.157 e. The summed E-state index contributed by atoms with van der Waals surface area (Å²) in [6.45, 7) is 0. The van der Waals surface area contributed by atoms with Gasteiger partial charge in [-0.3, -0.25) is 5.43 Å². The molecule has 0 atom stereocenters. The lowest BCUT2D eigenvalue weighted by Crippen LogP contribution is -2.07. The molecular weight excluding hydrogens is 308 g/mol. The monoisotopic (exact) mass is 324 g/mol. The number of anilines is 1. The van der Waals surface area contributed by atoms with Gasteiger partial charge in [-0.25, -0.2) is 9.97 Å². The molecule has 4 aromatic rings. The molecule has 4 rings (SSSR count). The minimum atomic E-state index is 0.690. The van der Waals surface area contributed by atoms with E-state index in [1.807, 2.05) is 84.9 Å². The van der Waals surface area contributed by atoms with Gasteiger partial charge in [-0.1, -0.05) is 72.8 Å². The van der Waals surface area contributed by atoms with E-state index in [-0.39, 0.29) is 0 Å². The van der Waals surface area contributed by atoms with Gasteiger partial charge in [-0.05, 0) is 12.1 Å². The molecule has 25 heavy (non-hydrogen) atoms. The van der Waals surface area contributed by atoms with Crippen molar-refractivity contribution in [2.24, 2.45) is 5.10 Å². The van der Waals surface area contributed by atoms with Crippen molar-refractivity contribution in [3.8, 4) is 0 Å². The average molecular weight is 324 g/mol. The molecule has 0 fully saturated rings. The number of nitrogens with zero attached hydrogens (tertiary/aromatic N) is 3. The maximum atomic E-state index is 4.66. The van der Waals surface area contributed by atoms with E-state index >= 15 is 0 Å². The lowest BCUT2D eigenvalue weighted by molar-refractivity contribution is 1.18. The van der Waals surface area contributed by atoms with E-state index in [0.29, 0.717) is 5.82 Å². The maximum absolute atomic E-state index is 4.66. The molecule has 120 valence electrons. The molecule has 0 aliphatic rings. The molecule has 4 heteroatoms. The van der Waals surface area contributed by atoms with Crippen molar-refractivity contribution in [2.75, 3.05) is 5.43 Å². The van der Waals surface area contributed by atoms with Crippen LogP contribution in [0.3, 0.4) is 0 Å². The lowest BCUT2D eigenvalue weighted by atomic mass is 10.0. The second-order valence-corrected chi connectivity index (χ2v) is 5.54. The topological polar surface area (TPSA) is 50.2 Å². The Morgan fingerprint density at radius 3 is 1.96 bits per heavy atom. The van der Waals surface area contributed by atoms with Crippen LogP contribution >= 0.6 is 0 Å². The first-order valence-corrected chi connectivity index (χ1v) is 8.06. The van der Waals surface area contributed by atoms with E-state index < -0.39 is 0 Å². The number of para-hydroxylation sites is 1. The van der Waals surface area contributed by atoms with Crippen LogP contribution in [0.1, 0.15) is 11.1 Å². The Labute approximate surface area is 145 Å². The molecule has 0 aliphatic heterocycles. The molecular formula is C21H16N4. The van der Waals surface area contributed by atoms with Gasteiger partial charge in [0.25, 0.3) is 0 Å². The Kier molecular flexibility index (Phi) is 4.16. The summed E-state index contributed by atoms with van der Waals surface area (Å²) in [5.74, 6) is 0.690. The van der Waals surface area contributed by atoms with Crippen LogP contribution in [0.2, 0.25) is 0 Å². The van der Waals surface area contributed by atoms with Gasteiger partial charge in [-0.15, -0.1) is 0 Å². The highest BCUT2D eigenvalue weighted by molar-refractivity contribution is 6.13. The molecule has 0 aliphatic carbocycles. The number of aromatic nitrogens is 2. The molecule has 3 aromatic carbocycles. The zero-order chi connectivity index (χ0) is 16.9. The van der Waals surface area contributed by atoms with Crippen LogP contribution in [0.5, 0.6) is 0 Å². The van der Waals surface area contributed by atoms with Gasteiger partial charge in [0.2, 0.25) is 0 Å². The molecule has 0 spiro atoms. The number of nitrogens with one attached hydrogen (secondary N) is 1. The predicted molar refractivity (Wildman–Crippen MR) is 102 cm³/mol. The summed E-state index contributed by atoms with van der Waals surface area (Å²) in [6.07, 6.45) is 1.55. The summed E-state index contributed by atoms with van der Waals surface area (Å²) in [5.41, 5.74) is 6.95. The summed E-state index contributed by atoms with van der Waals surface area (Å²) < 4.78 is 0. The molecule has 0 amide bonds. The predicted octanol–water partition coefficient (Wildman–Crippen LogP) is 4.49. The zero-order valence-corrected chi connectivity index (χ0v) is 13.5. The number of hydrazone groups is 1. The van der Waals surface area contributed by atoms with Crippen LogP contribution in [0.15, 0.2) is 96.4 Å². The third-order valence-corrected chi connectivity index (χ3v) is 3.91. The molecule has 1 heterocycles. The number of fused-ring (bicyclic) bond motifs is 1. The molecule has 1 aromatic heterocycles. The van der Waals surface area contributed by atoms with Crippen LogP contribution in [0, 0.1) is 0 Å². The highest BCUT2D eigenvalue weighted by Gasteiger charge is 2.07. The number of benzene rings is 3. The first-order chi connectivity index (χ1) is 12.4. The van der Waals surface area contributed by atoms with E-state index in [4.69, 9.17) is 0 Å². The Morgan fingerprint density at radius 2 is 1.28 bits per heavy atom. The van der Waals surface area contributed by atoms with Crippen LogP contribution in [-0.2, 0) is 0 Å². The molecule has 0 saturated carbocycles. The lowest BCUT2D eigenvalue weighted by Gasteiger charge is -2.09. The molecule has 1 N–H and O–H groups in total. The van der Waals surface area contributed by atoms with E-state index in [1.54, 1.807) is 6.33 Å². The van der Waals surface area contributed by atoms with Crippen molar-refractivity contribution in [1.82, 2.24) is 9.97 Å². The molecule has 0 bridgehead atoms. The van der Waals surface area contributed by atoms with Crippen LogP contribution in [-0.4, -0.2) is 15.7 Å². The molecule has 0 saturated heterocycles. The fourth-order valence-corrected chi connectivity index (χ4v) is 2.69. The minimum Gasteiger partial charge on any atom is -0.260 e. The number of rotatable bonds is 4. The van der Waals surface area contributed by atoms with Crippen molar-refractivity contribution in [2.45, 2.75) is 0 Å². The van der Waals surface area contributed by atoms with Gasteiger partial charge >= 0.3 is 0 Å². The van der Waals surface area contributed by atoms with Crippen molar-refractivity contribution in [1.29, 1.82) is 0 Å². The summed E-state index contributed by atoms with van der Waals surface area (Å²) in [5, 5.41) is 5.60. The normalized spacial score (nSPS) is 10.4. The van der Waals surface area contributed by atoms with Gasteiger partial charge in [-0.2, -0.15) is 5.10 Å². The smallest absolute Gasteiger partial charge is 0.157 e. The Hall–Kier alpha value is -3.53. The zero-order valence-electron chi connectivity index (χ0n) is 13.5. The Morgan fingerprint density at radius 1 is 0.680 bits per heavy atom. The molecule has 4 nitrogen and oxygen atoms in total. The summed E-state index contributed by atoms with van der Waals surface area (Å²) in [4.78, 5) is 8.62. The largest absolute Gasteiger partial charge is 0.260 e. The standard InChI is InChI=1S/C21H16N4/c1-3-9-16(10-4-1)20(17-11-5-2-6-12-17)24-25-21-18-13-7-8-14-19(18)22-15-23-21/h1-15H,(H,22,23,25). The molecule has 0 unspecified atom stereocenters. The number of hydrogen-bond donors (Lipinski definition) is 1. The van der Waals surface area contributed by atoms with Crippen molar-refractivity contribution in [3.05, 3.63) is 102 Å². The summed E-state index contributed by atoms with van der Waals surface area (Å²) in [6, 6.07) is 28.1. The second kappa shape index (κ2) is 6.93. The summed E-state index contributed by atoms with van der Waals surface area (Å²) in [7, 11) is 0. The first kappa shape index (κ1) is 15.0. The van der Waals surface area contributed by atoms with E-state index in [9.17, 15) is 0 Å². The Bertz CT molecular complexity index is 965. The average Bonchev–Trinajstić information content (AvgIpc) is 2.70. The van der Waals surface area contributed by atoms with Gasteiger partial charge in [0.05, 0.1) is 11.2 Å².